The molecular weight excluding hydrogens is 235 g/mol. The van der Waals surface area contributed by atoms with E-state index in [1.807, 2.05) is 0 Å². The van der Waals surface area contributed by atoms with Gasteiger partial charge in [0.05, 0.1) is 23.8 Å². The predicted octanol–water partition coefficient (Wildman–Crippen LogP) is 2.97. The second-order valence-corrected chi connectivity index (χ2v) is 3.46. The SMILES string of the molecule is COC(=O)c1cc(C(F)(F)F)cc2cc[nH]c12. The zero-order valence-electron chi connectivity index (χ0n) is 8.76. The number of H-pyrrole nitrogens is 1. The summed E-state index contributed by atoms with van der Waals surface area (Å²) < 4.78 is 42.3. The Morgan fingerprint density at radius 3 is 2.65 bits per heavy atom. The van der Waals surface area contributed by atoms with Crippen molar-refractivity contribution in [1.82, 2.24) is 4.98 Å². The highest BCUT2D eigenvalue weighted by molar-refractivity contribution is 6.03. The zero-order chi connectivity index (χ0) is 12.6. The fourth-order valence-electron chi connectivity index (χ4n) is 1.61. The monoisotopic (exact) mass is 243 g/mol. The lowest BCUT2D eigenvalue weighted by molar-refractivity contribution is -0.137. The molecule has 0 bridgehead atoms. The predicted molar refractivity (Wildman–Crippen MR) is 54.6 cm³/mol. The number of ether oxygens (including phenoxy) is 1. The first-order chi connectivity index (χ1) is 7.93. The van der Waals surface area contributed by atoms with E-state index in [1.165, 1.54) is 12.3 Å². The lowest BCUT2D eigenvalue weighted by atomic mass is 10.1. The van der Waals surface area contributed by atoms with Crippen LogP contribution in [-0.2, 0) is 10.9 Å². The van der Waals surface area contributed by atoms with E-state index in [4.69, 9.17) is 0 Å². The number of aromatic amines is 1. The van der Waals surface area contributed by atoms with Gasteiger partial charge in [-0.15, -0.1) is 0 Å². The number of nitrogens with one attached hydrogen (secondary N) is 1. The molecule has 1 heterocycles. The number of alkyl halides is 3. The van der Waals surface area contributed by atoms with Crippen molar-refractivity contribution in [3.63, 3.8) is 0 Å². The molecule has 0 aliphatic rings. The summed E-state index contributed by atoms with van der Waals surface area (Å²) >= 11 is 0. The number of hydrogen-bond acceptors (Lipinski definition) is 2. The summed E-state index contributed by atoms with van der Waals surface area (Å²) in [5, 5.41) is 0.320. The Morgan fingerprint density at radius 1 is 1.35 bits per heavy atom. The second kappa shape index (κ2) is 3.80. The molecule has 0 saturated carbocycles. The summed E-state index contributed by atoms with van der Waals surface area (Å²) in [7, 11) is 1.12. The summed E-state index contributed by atoms with van der Waals surface area (Å²) in [6.45, 7) is 0. The quantitative estimate of drug-likeness (QED) is 0.782. The summed E-state index contributed by atoms with van der Waals surface area (Å²) in [5.41, 5.74) is -0.655. The molecule has 0 radical (unpaired) electrons. The van der Waals surface area contributed by atoms with Crippen molar-refractivity contribution in [2.24, 2.45) is 0 Å². The van der Waals surface area contributed by atoms with E-state index in [-0.39, 0.29) is 5.56 Å². The van der Waals surface area contributed by atoms with Gasteiger partial charge in [0.2, 0.25) is 0 Å². The molecule has 0 unspecified atom stereocenters. The highest BCUT2D eigenvalue weighted by Crippen LogP contribution is 2.33. The van der Waals surface area contributed by atoms with E-state index < -0.39 is 17.7 Å². The van der Waals surface area contributed by atoms with Gasteiger partial charge in [-0.05, 0) is 18.2 Å². The minimum Gasteiger partial charge on any atom is -0.465 e. The second-order valence-electron chi connectivity index (χ2n) is 3.46. The van der Waals surface area contributed by atoms with Crippen LogP contribution in [0.1, 0.15) is 15.9 Å². The molecule has 3 nitrogen and oxygen atoms in total. The van der Waals surface area contributed by atoms with Gasteiger partial charge in [-0.1, -0.05) is 0 Å². The molecule has 90 valence electrons. The van der Waals surface area contributed by atoms with Gasteiger partial charge in [-0.3, -0.25) is 0 Å². The van der Waals surface area contributed by atoms with Crippen LogP contribution in [0.25, 0.3) is 10.9 Å². The number of carbonyl (C=O) groups is 1. The van der Waals surface area contributed by atoms with Crippen molar-refractivity contribution < 1.29 is 22.7 Å². The van der Waals surface area contributed by atoms with Gasteiger partial charge in [0, 0.05) is 11.6 Å². The number of methoxy groups -OCH3 is 1. The third kappa shape index (κ3) is 1.98. The maximum Gasteiger partial charge on any atom is 0.416 e. The Hall–Kier alpha value is -1.98. The van der Waals surface area contributed by atoms with Crippen LogP contribution >= 0.6 is 0 Å². The van der Waals surface area contributed by atoms with Gasteiger partial charge >= 0.3 is 12.1 Å². The van der Waals surface area contributed by atoms with Crippen LogP contribution in [0.15, 0.2) is 24.4 Å². The molecule has 0 spiro atoms. The molecule has 0 aliphatic heterocycles. The lowest BCUT2D eigenvalue weighted by Gasteiger charge is -2.09. The highest BCUT2D eigenvalue weighted by atomic mass is 19.4. The summed E-state index contributed by atoms with van der Waals surface area (Å²) in [6, 6.07) is 3.24. The molecule has 0 atom stereocenters. The van der Waals surface area contributed by atoms with Crippen LogP contribution in [0.4, 0.5) is 13.2 Å². The lowest BCUT2D eigenvalue weighted by Crippen LogP contribution is -2.09. The average molecular weight is 243 g/mol. The normalized spacial score (nSPS) is 11.8. The Labute approximate surface area is 94.2 Å². The number of carbonyl (C=O) groups excluding carboxylic acids is 1. The van der Waals surface area contributed by atoms with Crippen molar-refractivity contribution in [2.45, 2.75) is 6.18 Å². The maximum absolute atomic E-state index is 12.6. The third-order valence-electron chi connectivity index (χ3n) is 2.39. The first-order valence-electron chi connectivity index (χ1n) is 4.70. The van der Waals surface area contributed by atoms with Crippen LogP contribution in [0, 0.1) is 0 Å². The number of halogens is 3. The molecule has 0 fully saturated rings. The number of hydrogen-bond donors (Lipinski definition) is 1. The molecular formula is C11H8F3NO2. The molecule has 0 saturated heterocycles. The molecule has 1 aromatic heterocycles. The fourth-order valence-corrected chi connectivity index (χ4v) is 1.61. The number of esters is 1. The summed E-state index contributed by atoms with van der Waals surface area (Å²) in [5.74, 6) is -0.802. The number of benzene rings is 1. The highest BCUT2D eigenvalue weighted by Gasteiger charge is 2.32. The van der Waals surface area contributed by atoms with Crippen molar-refractivity contribution in [3.05, 3.63) is 35.5 Å². The zero-order valence-corrected chi connectivity index (χ0v) is 8.76. The van der Waals surface area contributed by atoms with Gasteiger partial charge in [0.25, 0.3) is 0 Å². The van der Waals surface area contributed by atoms with Gasteiger partial charge in [-0.25, -0.2) is 4.79 Å². The first kappa shape index (κ1) is 11.5. The summed E-state index contributed by atoms with van der Waals surface area (Å²) in [4.78, 5) is 14.1. The Morgan fingerprint density at radius 2 is 2.06 bits per heavy atom. The van der Waals surface area contributed by atoms with Crippen LogP contribution in [-0.4, -0.2) is 18.1 Å². The molecule has 2 aromatic rings. The fraction of sp³-hybridized carbons (Fsp3) is 0.182. The summed E-state index contributed by atoms with van der Waals surface area (Å²) in [6.07, 6.45) is -3.02. The smallest absolute Gasteiger partial charge is 0.416 e. The van der Waals surface area contributed by atoms with Crippen LogP contribution in [0.2, 0.25) is 0 Å². The van der Waals surface area contributed by atoms with Crippen LogP contribution in [0.5, 0.6) is 0 Å². The van der Waals surface area contributed by atoms with Crippen molar-refractivity contribution in [2.75, 3.05) is 7.11 Å². The van der Waals surface area contributed by atoms with E-state index in [1.54, 1.807) is 0 Å². The first-order valence-corrected chi connectivity index (χ1v) is 4.70. The Kier molecular flexibility index (Phi) is 2.57. The maximum atomic E-state index is 12.6. The average Bonchev–Trinajstić information content (AvgIpc) is 2.73. The number of rotatable bonds is 1. The standard InChI is InChI=1S/C11H8F3NO2/c1-17-10(16)8-5-7(11(12,13)14)4-6-2-3-15-9(6)8/h2-5,15H,1H3. The van der Waals surface area contributed by atoms with Crippen molar-refractivity contribution >= 4 is 16.9 Å². The van der Waals surface area contributed by atoms with E-state index in [0.717, 1.165) is 19.2 Å². The minimum atomic E-state index is -4.49. The molecule has 2 rings (SSSR count). The topological polar surface area (TPSA) is 42.1 Å². The van der Waals surface area contributed by atoms with Crippen LogP contribution < -0.4 is 0 Å². The van der Waals surface area contributed by atoms with Crippen molar-refractivity contribution in [1.29, 1.82) is 0 Å². The van der Waals surface area contributed by atoms with E-state index >= 15 is 0 Å². The molecule has 1 N–H and O–H groups in total. The van der Waals surface area contributed by atoms with Gasteiger partial charge in [-0.2, -0.15) is 13.2 Å². The Bertz CT molecular complexity index is 572. The Balaban J connectivity index is 2.71. The van der Waals surface area contributed by atoms with Gasteiger partial charge in [0.1, 0.15) is 0 Å². The van der Waals surface area contributed by atoms with E-state index in [9.17, 15) is 18.0 Å². The molecule has 6 heteroatoms. The molecule has 0 aliphatic carbocycles. The van der Waals surface area contributed by atoms with E-state index in [0.29, 0.717) is 10.9 Å². The minimum absolute atomic E-state index is 0.123. The van der Waals surface area contributed by atoms with E-state index in [2.05, 4.69) is 9.72 Å². The molecule has 1 aromatic carbocycles. The largest absolute Gasteiger partial charge is 0.465 e. The molecule has 17 heavy (non-hydrogen) atoms. The van der Waals surface area contributed by atoms with Crippen LogP contribution in [0.3, 0.4) is 0 Å². The van der Waals surface area contributed by atoms with Gasteiger partial charge in [0.15, 0.2) is 0 Å². The number of aromatic nitrogens is 1. The molecule has 0 amide bonds. The third-order valence-corrected chi connectivity index (χ3v) is 2.39. The van der Waals surface area contributed by atoms with Crippen molar-refractivity contribution in [3.8, 4) is 0 Å². The number of fused-ring (bicyclic) bond motifs is 1. The van der Waals surface area contributed by atoms with Gasteiger partial charge < -0.3 is 9.72 Å².